The molecule has 1 amide bonds. The highest BCUT2D eigenvalue weighted by atomic mass is 35.5. The highest BCUT2D eigenvalue weighted by molar-refractivity contribution is 6.30. The average Bonchev–Trinajstić information content (AvgIpc) is 3.32. The van der Waals surface area contributed by atoms with Crippen LogP contribution in [0.2, 0.25) is 10.0 Å². The van der Waals surface area contributed by atoms with Gasteiger partial charge in [-0.3, -0.25) is 4.79 Å². The molecule has 1 saturated carbocycles. The fourth-order valence-electron chi connectivity index (χ4n) is 5.43. The number of fused-ring (bicyclic) bond motifs is 1. The Balaban J connectivity index is 1.51. The van der Waals surface area contributed by atoms with Crippen LogP contribution in [0, 0.1) is 11.8 Å². The number of hydrazone groups is 1. The number of nitrogens with zero attached hydrogens (tertiary/aromatic N) is 2. The van der Waals surface area contributed by atoms with Gasteiger partial charge in [0.25, 0.3) is 5.91 Å². The third-order valence-corrected chi connectivity index (χ3v) is 7.74. The highest BCUT2D eigenvalue weighted by Crippen LogP contribution is 2.46. The molecule has 0 N–H and O–H groups in total. The van der Waals surface area contributed by atoms with E-state index in [1.54, 1.807) is 31.4 Å². The SMILES string of the molecule is COc1ccc(/C=C\C(=O)N2N=C3/C(=C\c4ccc(Cl)cc4)C[C@H](C)C[C@H]3[C@@H]2c2ccc(Cl)cc2)cc1OC. The molecule has 0 spiro atoms. The van der Waals surface area contributed by atoms with Crippen LogP contribution in [0.15, 0.2) is 83.5 Å². The Labute approximate surface area is 239 Å². The van der Waals surface area contributed by atoms with Gasteiger partial charge in [0.2, 0.25) is 0 Å². The van der Waals surface area contributed by atoms with Crippen molar-refractivity contribution in [1.82, 2.24) is 5.01 Å². The minimum Gasteiger partial charge on any atom is -0.493 e. The van der Waals surface area contributed by atoms with Gasteiger partial charge in [-0.25, -0.2) is 5.01 Å². The molecule has 7 heteroatoms. The molecule has 3 aromatic carbocycles. The number of halogens is 2. The number of allylic oxidation sites excluding steroid dienone is 1. The number of rotatable bonds is 6. The molecule has 0 radical (unpaired) electrons. The van der Waals surface area contributed by atoms with E-state index in [1.807, 2.05) is 66.7 Å². The number of carbonyl (C=O) groups is 1. The standard InChI is InChI=1S/C32H30Cl2N2O3/c1-20-16-24(18-21-4-10-25(33)11-5-21)31-27(17-20)32(23-8-12-26(34)13-9-23)36(35-31)30(37)15-7-22-6-14-28(38-2)29(19-22)39-3/h4-15,18-20,27,32H,16-17H2,1-3H3/b15-7-,24-18-/t20-,27+,32-/m0/s1. The minimum absolute atomic E-state index is 0.0758. The van der Waals surface area contributed by atoms with Gasteiger partial charge in [0.05, 0.1) is 26.0 Å². The summed E-state index contributed by atoms with van der Waals surface area (Å²) < 4.78 is 10.7. The Hall–Kier alpha value is -3.54. The molecule has 0 bridgehead atoms. The normalized spacial score (nSPS) is 21.7. The Bertz CT molecular complexity index is 1450. The summed E-state index contributed by atoms with van der Waals surface area (Å²) >= 11 is 12.3. The smallest absolute Gasteiger partial charge is 0.267 e. The molecular weight excluding hydrogens is 531 g/mol. The number of carbonyl (C=O) groups excluding carboxylic acids is 1. The van der Waals surface area contributed by atoms with Crippen LogP contribution in [-0.4, -0.2) is 30.8 Å². The number of hydrogen-bond acceptors (Lipinski definition) is 4. The zero-order valence-electron chi connectivity index (χ0n) is 22.1. The number of amides is 1. The summed E-state index contributed by atoms with van der Waals surface area (Å²) in [6.45, 7) is 2.26. The van der Waals surface area contributed by atoms with E-state index in [9.17, 15) is 4.79 Å². The second kappa shape index (κ2) is 11.7. The van der Waals surface area contributed by atoms with Crippen LogP contribution < -0.4 is 9.47 Å². The number of ether oxygens (including phenoxy) is 2. The Morgan fingerprint density at radius 1 is 0.923 bits per heavy atom. The van der Waals surface area contributed by atoms with E-state index in [1.165, 1.54) is 0 Å². The van der Waals surface area contributed by atoms with Crippen LogP contribution in [0.1, 0.15) is 42.5 Å². The lowest BCUT2D eigenvalue weighted by atomic mass is 9.73. The van der Waals surface area contributed by atoms with Crippen molar-refractivity contribution in [3.05, 3.63) is 105 Å². The van der Waals surface area contributed by atoms with Crippen molar-refractivity contribution in [2.24, 2.45) is 16.9 Å². The van der Waals surface area contributed by atoms with Crippen LogP contribution in [-0.2, 0) is 4.79 Å². The molecule has 0 saturated heterocycles. The zero-order chi connectivity index (χ0) is 27.5. The molecule has 0 unspecified atom stereocenters. The summed E-state index contributed by atoms with van der Waals surface area (Å²) in [6.07, 6.45) is 7.35. The molecule has 1 fully saturated rings. The maximum atomic E-state index is 13.7. The second-order valence-electron chi connectivity index (χ2n) is 9.98. The van der Waals surface area contributed by atoms with Crippen molar-refractivity contribution < 1.29 is 14.3 Å². The van der Waals surface area contributed by atoms with Gasteiger partial charge in [-0.2, -0.15) is 5.10 Å². The first-order chi connectivity index (χ1) is 18.9. The monoisotopic (exact) mass is 560 g/mol. The lowest BCUT2D eigenvalue weighted by Gasteiger charge is -2.32. The molecule has 39 heavy (non-hydrogen) atoms. The molecule has 1 aliphatic carbocycles. The van der Waals surface area contributed by atoms with Crippen LogP contribution in [0.4, 0.5) is 0 Å². The zero-order valence-corrected chi connectivity index (χ0v) is 23.6. The van der Waals surface area contributed by atoms with E-state index in [4.69, 9.17) is 37.8 Å². The number of benzene rings is 3. The van der Waals surface area contributed by atoms with Gasteiger partial charge in [0, 0.05) is 22.0 Å². The van der Waals surface area contributed by atoms with Gasteiger partial charge in [0.15, 0.2) is 11.5 Å². The third kappa shape index (κ3) is 5.90. The van der Waals surface area contributed by atoms with Crippen molar-refractivity contribution in [3.63, 3.8) is 0 Å². The summed E-state index contributed by atoms with van der Waals surface area (Å²) in [5.41, 5.74) is 5.02. The summed E-state index contributed by atoms with van der Waals surface area (Å²) in [6, 6.07) is 20.8. The highest BCUT2D eigenvalue weighted by Gasteiger charge is 2.44. The van der Waals surface area contributed by atoms with Crippen molar-refractivity contribution in [2.45, 2.75) is 25.8 Å². The minimum atomic E-state index is -0.226. The molecule has 5 nitrogen and oxygen atoms in total. The molecule has 1 aliphatic heterocycles. The van der Waals surface area contributed by atoms with Gasteiger partial charge >= 0.3 is 0 Å². The van der Waals surface area contributed by atoms with Gasteiger partial charge in [-0.15, -0.1) is 0 Å². The molecule has 3 atom stereocenters. The van der Waals surface area contributed by atoms with Crippen LogP contribution >= 0.6 is 23.2 Å². The van der Waals surface area contributed by atoms with Crippen molar-refractivity contribution in [2.75, 3.05) is 14.2 Å². The van der Waals surface area contributed by atoms with Crippen LogP contribution in [0.3, 0.4) is 0 Å². The topological polar surface area (TPSA) is 51.1 Å². The Kier molecular flexibility index (Phi) is 8.10. The predicted octanol–water partition coefficient (Wildman–Crippen LogP) is 8.09. The van der Waals surface area contributed by atoms with Crippen molar-refractivity contribution in [3.8, 4) is 11.5 Å². The largest absolute Gasteiger partial charge is 0.493 e. The summed E-state index contributed by atoms with van der Waals surface area (Å²) in [4.78, 5) is 13.7. The van der Waals surface area contributed by atoms with Crippen LogP contribution in [0.5, 0.6) is 11.5 Å². The fourth-order valence-corrected chi connectivity index (χ4v) is 5.68. The van der Waals surface area contributed by atoms with E-state index >= 15 is 0 Å². The van der Waals surface area contributed by atoms with Crippen molar-refractivity contribution >= 4 is 47.0 Å². The van der Waals surface area contributed by atoms with E-state index in [2.05, 4.69) is 13.0 Å². The molecule has 0 aromatic heterocycles. The number of hydrogen-bond donors (Lipinski definition) is 0. The molecule has 3 aromatic rings. The third-order valence-electron chi connectivity index (χ3n) is 7.24. The first-order valence-electron chi connectivity index (χ1n) is 12.9. The first kappa shape index (κ1) is 27.0. The molecular formula is C32H30Cl2N2O3. The van der Waals surface area contributed by atoms with E-state index in [-0.39, 0.29) is 17.9 Å². The van der Waals surface area contributed by atoms with Gasteiger partial charge in [-0.1, -0.05) is 60.5 Å². The van der Waals surface area contributed by atoms with Gasteiger partial charge in [-0.05, 0) is 89.6 Å². The summed E-state index contributed by atoms with van der Waals surface area (Å²) in [5, 5.41) is 7.96. The van der Waals surface area contributed by atoms with E-state index in [0.717, 1.165) is 40.8 Å². The maximum absolute atomic E-state index is 13.7. The summed E-state index contributed by atoms with van der Waals surface area (Å²) in [5.74, 6) is 1.56. The fraction of sp³-hybridized carbons (Fsp3) is 0.250. The molecule has 1 heterocycles. The first-order valence-corrected chi connectivity index (χ1v) is 13.7. The van der Waals surface area contributed by atoms with Gasteiger partial charge < -0.3 is 9.47 Å². The lowest BCUT2D eigenvalue weighted by molar-refractivity contribution is -0.128. The summed E-state index contributed by atoms with van der Waals surface area (Å²) in [7, 11) is 3.18. The lowest BCUT2D eigenvalue weighted by Crippen LogP contribution is -2.32. The molecule has 5 rings (SSSR count). The van der Waals surface area contributed by atoms with E-state index < -0.39 is 0 Å². The number of methoxy groups -OCH3 is 2. The molecule has 2 aliphatic rings. The van der Waals surface area contributed by atoms with Gasteiger partial charge in [0.1, 0.15) is 0 Å². The van der Waals surface area contributed by atoms with E-state index in [0.29, 0.717) is 27.5 Å². The quantitative estimate of drug-likeness (QED) is 0.286. The predicted molar refractivity (Wildman–Crippen MR) is 158 cm³/mol. The maximum Gasteiger partial charge on any atom is 0.267 e. The Morgan fingerprint density at radius 3 is 2.23 bits per heavy atom. The van der Waals surface area contributed by atoms with Crippen molar-refractivity contribution in [1.29, 1.82) is 0 Å². The van der Waals surface area contributed by atoms with Crippen LogP contribution in [0.25, 0.3) is 12.2 Å². The Morgan fingerprint density at radius 2 is 1.56 bits per heavy atom. The second-order valence-corrected chi connectivity index (χ2v) is 10.9. The molecule has 200 valence electrons. The average molecular weight is 562 g/mol.